The van der Waals surface area contributed by atoms with Crippen molar-refractivity contribution in [3.05, 3.63) is 36.2 Å². The molecule has 2 rings (SSSR count). The van der Waals surface area contributed by atoms with Crippen LogP contribution in [-0.2, 0) is 0 Å². The lowest BCUT2D eigenvalue weighted by Crippen LogP contribution is -1.92. The Morgan fingerprint density at radius 1 is 1.31 bits per heavy atom. The number of methoxy groups -OCH3 is 1. The minimum absolute atomic E-state index is 0.507. The van der Waals surface area contributed by atoms with E-state index >= 15 is 0 Å². The third-order valence-corrected chi connectivity index (χ3v) is 2.70. The second kappa shape index (κ2) is 4.39. The van der Waals surface area contributed by atoms with E-state index < -0.39 is 0 Å². The van der Waals surface area contributed by atoms with Crippen molar-refractivity contribution >= 4 is 0 Å². The number of benzene rings is 1. The monoisotopic (exact) mass is 216 g/mol. The lowest BCUT2D eigenvalue weighted by atomic mass is 9.99. The molecule has 3 nitrogen and oxygen atoms in total. The number of aromatic nitrogens is 2. The summed E-state index contributed by atoms with van der Waals surface area (Å²) in [5, 5.41) is 6.76. The van der Waals surface area contributed by atoms with Gasteiger partial charge in [0.25, 0.3) is 0 Å². The molecule has 3 heteroatoms. The van der Waals surface area contributed by atoms with Gasteiger partial charge in [-0.25, -0.2) is 0 Å². The molecule has 0 unspecified atom stereocenters. The summed E-state index contributed by atoms with van der Waals surface area (Å²) in [4.78, 5) is 0. The van der Waals surface area contributed by atoms with Gasteiger partial charge in [-0.3, -0.25) is 5.10 Å². The van der Waals surface area contributed by atoms with Crippen LogP contribution in [0.4, 0.5) is 0 Å². The van der Waals surface area contributed by atoms with E-state index in [9.17, 15) is 0 Å². The molecule has 0 saturated heterocycles. The first-order valence-corrected chi connectivity index (χ1v) is 5.39. The van der Waals surface area contributed by atoms with Gasteiger partial charge in [0.15, 0.2) is 0 Å². The number of hydrogen-bond acceptors (Lipinski definition) is 2. The van der Waals surface area contributed by atoms with Gasteiger partial charge in [-0.2, -0.15) is 5.10 Å². The first kappa shape index (κ1) is 10.7. The fraction of sp³-hybridized carbons (Fsp3) is 0.308. The van der Waals surface area contributed by atoms with Gasteiger partial charge in [0.1, 0.15) is 5.75 Å². The molecular weight excluding hydrogens is 200 g/mol. The van der Waals surface area contributed by atoms with E-state index in [-0.39, 0.29) is 0 Å². The van der Waals surface area contributed by atoms with Gasteiger partial charge in [-0.05, 0) is 17.5 Å². The second-order valence-corrected chi connectivity index (χ2v) is 4.10. The van der Waals surface area contributed by atoms with Crippen LogP contribution in [0.2, 0.25) is 0 Å². The van der Waals surface area contributed by atoms with Crippen LogP contribution in [0.15, 0.2) is 30.6 Å². The molecule has 1 aromatic heterocycles. The highest BCUT2D eigenvalue weighted by molar-refractivity contribution is 5.69. The van der Waals surface area contributed by atoms with E-state index in [0.29, 0.717) is 5.92 Å². The van der Waals surface area contributed by atoms with E-state index in [2.05, 4.69) is 42.2 Å². The molecule has 0 saturated carbocycles. The van der Waals surface area contributed by atoms with Crippen LogP contribution in [0.5, 0.6) is 5.75 Å². The predicted octanol–water partition coefficient (Wildman–Crippen LogP) is 3.21. The highest BCUT2D eigenvalue weighted by Crippen LogP contribution is 2.32. The standard InChI is InChI=1S/C13H16N2O/c1-9(2)10-4-5-12(13(6-10)16-3)11-7-14-15-8-11/h4-9H,1-3H3,(H,14,15). The summed E-state index contributed by atoms with van der Waals surface area (Å²) in [6.07, 6.45) is 3.67. The molecule has 0 spiro atoms. The lowest BCUT2D eigenvalue weighted by Gasteiger charge is -2.11. The molecule has 0 radical (unpaired) electrons. The molecule has 16 heavy (non-hydrogen) atoms. The molecule has 0 fully saturated rings. The minimum Gasteiger partial charge on any atom is -0.496 e. The smallest absolute Gasteiger partial charge is 0.127 e. The summed E-state index contributed by atoms with van der Waals surface area (Å²) in [6.45, 7) is 4.35. The molecule has 2 aromatic rings. The van der Waals surface area contributed by atoms with E-state index in [0.717, 1.165) is 16.9 Å². The summed E-state index contributed by atoms with van der Waals surface area (Å²) in [7, 11) is 1.70. The van der Waals surface area contributed by atoms with Gasteiger partial charge in [0, 0.05) is 17.3 Å². The molecule has 1 aromatic carbocycles. The largest absolute Gasteiger partial charge is 0.496 e. The Hall–Kier alpha value is -1.77. The van der Waals surface area contributed by atoms with Gasteiger partial charge >= 0.3 is 0 Å². The zero-order valence-corrected chi connectivity index (χ0v) is 9.82. The maximum atomic E-state index is 5.42. The van der Waals surface area contributed by atoms with Gasteiger partial charge < -0.3 is 4.74 Å². The zero-order valence-electron chi connectivity index (χ0n) is 9.82. The molecule has 0 aliphatic heterocycles. The Morgan fingerprint density at radius 3 is 2.69 bits per heavy atom. The number of H-pyrrole nitrogens is 1. The number of nitrogens with one attached hydrogen (secondary N) is 1. The van der Waals surface area contributed by atoms with Crippen molar-refractivity contribution in [3.8, 4) is 16.9 Å². The fourth-order valence-corrected chi connectivity index (χ4v) is 1.70. The zero-order chi connectivity index (χ0) is 11.5. The lowest BCUT2D eigenvalue weighted by molar-refractivity contribution is 0.415. The Morgan fingerprint density at radius 2 is 2.12 bits per heavy atom. The van der Waals surface area contributed by atoms with Crippen molar-refractivity contribution in [1.82, 2.24) is 10.2 Å². The Labute approximate surface area is 95.5 Å². The van der Waals surface area contributed by atoms with Crippen molar-refractivity contribution in [2.75, 3.05) is 7.11 Å². The van der Waals surface area contributed by atoms with Crippen LogP contribution in [0, 0.1) is 0 Å². The summed E-state index contributed by atoms with van der Waals surface area (Å²) in [5.41, 5.74) is 3.40. The topological polar surface area (TPSA) is 37.9 Å². The summed E-state index contributed by atoms with van der Waals surface area (Å²) in [6, 6.07) is 6.31. The van der Waals surface area contributed by atoms with Crippen LogP contribution >= 0.6 is 0 Å². The van der Waals surface area contributed by atoms with Crippen molar-refractivity contribution in [1.29, 1.82) is 0 Å². The van der Waals surface area contributed by atoms with Crippen molar-refractivity contribution in [3.63, 3.8) is 0 Å². The fourth-order valence-electron chi connectivity index (χ4n) is 1.70. The molecule has 1 N–H and O–H groups in total. The third-order valence-electron chi connectivity index (χ3n) is 2.70. The van der Waals surface area contributed by atoms with Gasteiger partial charge in [-0.1, -0.05) is 26.0 Å². The Kier molecular flexibility index (Phi) is 2.95. The van der Waals surface area contributed by atoms with Crippen LogP contribution in [0.1, 0.15) is 25.3 Å². The first-order valence-electron chi connectivity index (χ1n) is 5.39. The molecule has 0 amide bonds. The minimum atomic E-state index is 0.507. The van der Waals surface area contributed by atoms with E-state index in [1.54, 1.807) is 13.3 Å². The number of nitrogens with zero attached hydrogens (tertiary/aromatic N) is 1. The van der Waals surface area contributed by atoms with Crippen LogP contribution in [0.25, 0.3) is 11.1 Å². The quantitative estimate of drug-likeness (QED) is 0.855. The first-order chi connectivity index (χ1) is 7.72. The normalized spacial score (nSPS) is 10.8. The summed E-state index contributed by atoms with van der Waals surface area (Å²) < 4.78 is 5.42. The van der Waals surface area contributed by atoms with E-state index in [1.807, 2.05) is 6.20 Å². The third kappa shape index (κ3) is 1.94. The molecule has 0 aliphatic rings. The van der Waals surface area contributed by atoms with Crippen LogP contribution in [-0.4, -0.2) is 17.3 Å². The number of hydrogen-bond donors (Lipinski definition) is 1. The van der Waals surface area contributed by atoms with Crippen molar-refractivity contribution < 1.29 is 4.74 Å². The van der Waals surface area contributed by atoms with Crippen LogP contribution < -0.4 is 4.74 Å². The second-order valence-electron chi connectivity index (χ2n) is 4.10. The van der Waals surface area contributed by atoms with Crippen molar-refractivity contribution in [2.45, 2.75) is 19.8 Å². The van der Waals surface area contributed by atoms with E-state index in [1.165, 1.54) is 5.56 Å². The van der Waals surface area contributed by atoms with Crippen LogP contribution in [0.3, 0.4) is 0 Å². The number of aromatic amines is 1. The Balaban J connectivity index is 2.47. The highest BCUT2D eigenvalue weighted by atomic mass is 16.5. The molecule has 0 atom stereocenters. The van der Waals surface area contributed by atoms with E-state index in [4.69, 9.17) is 4.74 Å². The molecule has 1 heterocycles. The summed E-state index contributed by atoms with van der Waals surface area (Å²) in [5.74, 6) is 1.40. The molecule has 0 aliphatic carbocycles. The maximum absolute atomic E-state index is 5.42. The number of rotatable bonds is 3. The maximum Gasteiger partial charge on any atom is 0.127 e. The number of ether oxygens (including phenoxy) is 1. The predicted molar refractivity (Wildman–Crippen MR) is 64.7 cm³/mol. The SMILES string of the molecule is COc1cc(C(C)C)ccc1-c1cn[nH]c1. The van der Waals surface area contributed by atoms with Gasteiger partial charge in [-0.15, -0.1) is 0 Å². The highest BCUT2D eigenvalue weighted by Gasteiger charge is 2.09. The molecule has 0 bridgehead atoms. The Bertz CT molecular complexity index is 461. The molecular formula is C13H16N2O. The van der Waals surface area contributed by atoms with Gasteiger partial charge in [0.2, 0.25) is 0 Å². The average Bonchev–Trinajstić information content (AvgIpc) is 2.81. The van der Waals surface area contributed by atoms with Crippen molar-refractivity contribution in [2.24, 2.45) is 0 Å². The summed E-state index contributed by atoms with van der Waals surface area (Å²) >= 11 is 0. The average molecular weight is 216 g/mol. The van der Waals surface area contributed by atoms with Gasteiger partial charge in [0.05, 0.1) is 13.3 Å². The molecule has 84 valence electrons.